The summed E-state index contributed by atoms with van der Waals surface area (Å²) in [7, 11) is 0. The number of nitrogens with zero attached hydrogens (tertiary/aromatic N) is 1. The summed E-state index contributed by atoms with van der Waals surface area (Å²) in [6.07, 6.45) is -0.303. The summed E-state index contributed by atoms with van der Waals surface area (Å²) < 4.78 is 0. The molecule has 0 aliphatic carbocycles. The number of amides is 2. The van der Waals surface area contributed by atoms with Gasteiger partial charge in [0, 0.05) is 36.3 Å². The highest BCUT2D eigenvalue weighted by atomic mass is 16.4. The standard InChI is InChI=1S/C20H19N3O4/c24-17(8-9-18(25)26)22-14-5-3-4-13(12-14)20-16-7-2-1-6-15(16)19(27)23(20)11-10-21-20/h1-7,12,21H,8-11H2,(H,22,24)(H,25,26). The number of fused-ring (bicyclic) bond motifs is 3. The Balaban J connectivity index is 1.68. The predicted molar refractivity (Wildman–Crippen MR) is 98.2 cm³/mol. The van der Waals surface area contributed by atoms with E-state index in [9.17, 15) is 14.4 Å². The first-order valence-corrected chi connectivity index (χ1v) is 8.81. The Hall–Kier alpha value is -3.19. The average Bonchev–Trinajstić information content (AvgIpc) is 3.20. The lowest BCUT2D eigenvalue weighted by atomic mass is 9.91. The number of benzene rings is 2. The lowest BCUT2D eigenvalue weighted by Gasteiger charge is -2.33. The predicted octanol–water partition coefficient (Wildman–Crippen LogP) is 1.75. The van der Waals surface area contributed by atoms with Gasteiger partial charge in [-0.05, 0) is 23.8 Å². The number of rotatable bonds is 5. The fraction of sp³-hybridized carbons (Fsp3) is 0.250. The molecule has 1 atom stereocenters. The minimum atomic E-state index is -1.01. The molecule has 2 amide bonds. The van der Waals surface area contributed by atoms with Crippen molar-refractivity contribution < 1.29 is 19.5 Å². The lowest BCUT2D eigenvalue weighted by molar-refractivity contribution is -0.138. The van der Waals surface area contributed by atoms with Gasteiger partial charge in [0.25, 0.3) is 5.91 Å². The molecule has 7 heteroatoms. The van der Waals surface area contributed by atoms with Gasteiger partial charge in [0.05, 0.1) is 6.42 Å². The largest absolute Gasteiger partial charge is 0.481 e. The van der Waals surface area contributed by atoms with Crippen molar-refractivity contribution in [3.05, 3.63) is 65.2 Å². The Morgan fingerprint density at radius 3 is 2.78 bits per heavy atom. The molecule has 3 N–H and O–H groups in total. The second-order valence-corrected chi connectivity index (χ2v) is 6.66. The third kappa shape index (κ3) is 2.76. The van der Waals surface area contributed by atoms with Gasteiger partial charge in [-0.1, -0.05) is 30.3 Å². The van der Waals surface area contributed by atoms with Crippen LogP contribution in [0.1, 0.15) is 34.3 Å². The van der Waals surface area contributed by atoms with Crippen LogP contribution in [-0.4, -0.2) is 40.9 Å². The van der Waals surface area contributed by atoms with Crippen LogP contribution in [0.2, 0.25) is 0 Å². The fourth-order valence-corrected chi connectivity index (χ4v) is 3.92. The van der Waals surface area contributed by atoms with Gasteiger partial charge in [-0.2, -0.15) is 0 Å². The van der Waals surface area contributed by atoms with Crippen LogP contribution in [0.5, 0.6) is 0 Å². The molecule has 0 spiro atoms. The molecule has 138 valence electrons. The molecule has 0 bridgehead atoms. The van der Waals surface area contributed by atoms with E-state index >= 15 is 0 Å². The molecule has 27 heavy (non-hydrogen) atoms. The molecule has 2 aromatic rings. The quantitative estimate of drug-likeness (QED) is 0.750. The van der Waals surface area contributed by atoms with Gasteiger partial charge in [-0.25, -0.2) is 0 Å². The summed E-state index contributed by atoms with van der Waals surface area (Å²) in [6, 6.07) is 14.9. The van der Waals surface area contributed by atoms with Gasteiger partial charge < -0.3 is 15.3 Å². The fourth-order valence-electron chi connectivity index (χ4n) is 3.92. The van der Waals surface area contributed by atoms with E-state index in [1.54, 1.807) is 6.07 Å². The maximum Gasteiger partial charge on any atom is 0.303 e. The number of carbonyl (C=O) groups is 3. The lowest BCUT2D eigenvalue weighted by Crippen LogP contribution is -2.46. The molecule has 2 heterocycles. The van der Waals surface area contributed by atoms with Crippen molar-refractivity contribution >= 4 is 23.5 Å². The van der Waals surface area contributed by atoms with Crippen LogP contribution >= 0.6 is 0 Å². The van der Waals surface area contributed by atoms with E-state index in [-0.39, 0.29) is 24.7 Å². The van der Waals surface area contributed by atoms with Crippen molar-refractivity contribution in [2.75, 3.05) is 18.4 Å². The van der Waals surface area contributed by atoms with E-state index in [1.165, 1.54) is 0 Å². The van der Waals surface area contributed by atoms with Crippen LogP contribution in [0.25, 0.3) is 0 Å². The van der Waals surface area contributed by atoms with Gasteiger partial charge in [-0.3, -0.25) is 19.7 Å². The second kappa shape index (κ2) is 6.51. The van der Waals surface area contributed by atoms with Crippen LogP contribution in [0.4, 0.5) is 5.69 Å². The number of carbonyl (C=O) groups excluding carboxylic acids is 2. The Bertz CT molecular complexity index is 942. The zero-order chi connectivity index (χ0) is 19.0. The van der Waals surface area contributed by atoms with E-state index in [1.807, 2.05) is 47.4 Å². The number of hydrogen-bond donors (Lipinski definition) is 3. The molecule has 0 radical (unpaired) electrons. The molecule has 1 unspecified atom stereocenters. The van der Waals surface area contributed by atoms with E-state index in [0.29, 0.717) is 24.3 Å². The highest BCUT2D eigenvalue weighted by Crippen LogP contribution is 2.44. The molecular formula is C20H19N3O4. The molecule has 4 rings (SSSR count). The number of aliphatic carboxylic acids is 1. The molecule has 0 aromatic heterocycles. The van der Waals surface area contributed by atoms with E-state index in [2.05, 4.69) is 10.6 Å². The monoisotopic (exact) mass is 365 g/mol. The van der Waals surface area contributed by atoms with Gasteiger partial charge in [0.15, 0.2) is 0 Å². The Morgan fingerprint density at radius 2 is 1.96 bits per heavy atom. The van der Waals surface area contributed by atoms with Gasteiger partial charge in [0.1, 0.15) is 5.66 Å². The smallest absolute Gasteiger partial charge is 0.303 e. The Morgan fingerprint density at radius 1 is 1.15 bits per heavy atom. The second-order valence-electron chi connectivity index (χ2n) is 6.66. The summed E-state index contributed by atoms with van der Waals surface area (Å²) in [4.78, 5) is 37.3. The molecule has 2 aromatic carbocycles. The van der Waals surface area contributed by atoms with Gasteiger partial charge in [0.2, 0.25) is 5.91 Å². The van der Waals surface area contributed by atoms with Crippen molar-refractivity contribution in [1.82, 2.24) is 10.2 Å². The molecule has 2 aliphatic heterocycles. The van der Waals surface area contributed by atoms with Crippen LogP contribution in [0, 0.1) is 0 Å². The van der Waals surface area contributed by atoms with E-state index < -0.39 is 11.6 Å². The molecule has 2 aliphatic rings. The summed E-state index contributed by atoms with van der Waals surface area (Å²) in [5.74, 6) is -1.37. The number of anilines is 1. The van der Waals surface area contributed by atoms with Gasteiger partial charge >= 0.3 is 5.97 Å². The molecule has 7 nitrogen and oxygen atoms in total. The first-order valence-electron chi connectivity index (χ1n) is 8.81. The van der Waals surface area contributed by atoms with Crippen molar-refractivity contribution in [1.29, 1.82) is 0 Å². The first-order chi connectivity index (χ1) is 13.0. The number of nitrogens with one attached hydrogen (secondary N) is 2. The molecule has 1 saturated heterocycles. The first kappa shape index (κ1) is 17.2. The average molecular weight is 365 g/mol. The summed E-state index contributed by atoms with van der Waals surface area (Å²) >= 11 is 0. The van der Waals surface area contributed by atoms with Crippen molar-refractivity contribution in [3.63, 3.8) is 0 Å². The number of carboxylic acid groups (broad SMARTS) is 1. The molecular weight excluding hydrogens is 346 g/mol. The van der Waals surface area contributed by atoms with Crippen LogP contribution in [-0.2, 0) is 15.3 Å². The zero-order valence-electron chi connectivity index (χ0n) is 14.6. The minimum absolute atomic E-state index is 0.00787. The number of hydrogen-bond acceptors (Lipinski definition) is 4. The van der Waals surface area contributed by atoms with E-state index in [0.717, 1.165) is 11.1 Å². The van der Waals surface area contributed by atoms with Crippen molar-refractivity contribution in [3.8, 4) is 0 Å². The van der Waals surface area contributed by atoms with Gasteiger partial charge in [-0.15, -0.1) is 0 Å². The summed E-state index contributed by atoms with van der Waals surface area (Å²) in [5, 5.41) is 14.9. The topological polar surface area (TPSA) is 98.7 Å². The highest BCUT2D eigenvalue weighted by Gasteiger charge is 2.53. The van der Waals surface area contributed by atoms with Crippen molar-refractivity contribution in [2.24, 2.45) is 0 Å². The third-order valence-electron chi connectivity index (χ3n) is 5.04. The zero-order valence-corrected chi connectivity index (χ0v) is 14.6. The Labute approximate surface area is 156 Å². The molecule has 1 fully saturated rings. The normalized spacial score (nSPS) is 20.3. The van der Waals surface area contributed by atoms with Crippen LogP contribution in [0.3, 0.4) is 0 Å². The van der Waals surface area contributed by atoms with Crippen LogP contribution in [0.15, 0.2) is 48.5 Å². The minimum Gasteiger partial charge on any atom is -0.481 e. The maximum atomic E-state index is 12.8. The summed E-state index contributed by atoms with van der Waals surface area (Å²) in [6.45, 7) is 1.28. The van der Waals surface area contributed by atoms with E-state index in [4.69, 9.17) is 5.11 Å². The molecule has 0 saturated carbocycles. The number of carboxylic acids is 1. The van der Waals surface area contributed by atoms with Crippen molar-refractivity contribution in [2.45, 2.75) is 18.5 Å². The third-order valence-corrected chi connectivity index (χ3v) is 5.04. The van der Waals surface area contributed by atoms with Crippen LogP contribution < -0.4 is 10.6 Å². The summed E-state index contributed by atoms with van der Waals surface area (Å²) in [5.41, 5.74) is 2.27. The SMILES string of the molecule is O=C(O)CCC(=O)Nc1cccc(C23NCCN2C(=O)c2ccccc23)c1. The highest BCUT2D eigenvalue weighted by molar-refractivity contribution is 6.01. The Kier molecular flexibility index (Phi) is 4.16. The maximum absolute atomic E-state index is 12.8.